The van der Waals surface area contributed by atoms with Gasteiger partial charge in [-0.2, -0.15) is 0 Å². The van der Waals surface area contributed by atoms with Gasteiger partial charge in [0.15, 0.2) is 5.82 Å². The quantitative estimate of drug-likeness (QED) is 0.792. The van der Waals surface area contributed by atoms with Crippen molar-refractivity contribution in [2.24, 2.45) is 0 Å². The molecule has 0 aromatic carbocycles. The number of nitrogens with one attached hydrogen (secondary N) is 2. The normalized spacial score (nSPS) is 14.1. The molecule has 1 aliphatic rings. The Morgan fingerprint density at radius 2 is 2.29 bits per heavy atom. The highest BCUT2D eigenvalue weighted by Gasteiger charge is 2.10. The summed E-state index contributed by atoms with van der Waals surface area (Å²) in [7, 11) is 0. The van der Waals surface area contributed by atoms with Crippen LogP contribution in [0.5, 0.6) is 0 Å². The Labute approximate surface area is 140 Å². The zero-order chi connectivity index (χ0) is 16.8. The second-order valence-electron chi connectivity index (χ2n) is 5.83. The molecule has 7 nitrogen and oxygen atoms in total. The smallest absolute Gasteiger partial charge is 0.270 e. The molecule has 2 N–H and O–H groups in total. The predicted octanol–water partition coefficient (Wildman–Crippen LogP) is 3.14. The van der Waals surface area contributed by atoms with Crippen LogP contribution in [0.25, 0.3) is 0 Å². The molecule has 3 rings (SSSR count). The monoisotopic (exact) mass is 327 g/mol. The lowest BCUT2D eigenvalue weighted by atomic mass is 9.97. The summed E-state index contributed by atoms with van der Waals surface area (Å²) in [4.78, 5) is 20.5. The third-order valence-electron chi connectivity index (χ3n) is 3.87. The first-order valence-corrected chi connectivity index (χ1v) is 8.20. The first-order chi connectivity index (χ1) is 11.7. The van der Waals surface area contributed by atoms with Crippen molar-refractivity contribution in [3.05, 3.63) is 41.4 Å². The van der Waals surface area contributed by atoms with Crippen molar-refractivity contribution < 1.29 is 9.32 Å². The lowest BCUT2D eigenvalue weighted by molar-refractivity contribution is 0.0949. The van der Waals surface area contributed by atoms with E-state index in [2.05, 4.69) is 31.8 Å². The Morgan fingerprint density at radius 3 is 3.04 bits per heavy atom. The largest absolute Gasteiger partial charge is 0.360 e. The molecule has 0 atom stereocenters. The van der Waals surface area contributed by atoms with E-state index in [1.165, 1.54) is 18.4 Å². The summed E-state index contributed by atoms with van der Waals surface area (Å²) in [6.07, 6.45) is 9.57. The molecule has 0 unspecified atom stereocenters. The molecular formula is C17H21N5O2. The van der Waals surface area contributed by atoms with Crippen LogP contribution >= 0.6 is 0 Å². The maximum absolute atomic E-state index is 12.2. The van der Waals surface area contributed by atoms with Crippen LogP contribution in [0, 0.1) is 6.92 Å². The average molecular weight is 327 g/mol. The second kappa shape index (κ2) is 7.72. The molecule has 2 aromatic rings. The van der Waals surface area contributed by atoms with Crippen LogP contribution in [0.3, 0.4) is 0 Å². The fourth-order valence-electron chi connectivity index (χ4n) is 2.64. The summed E-state index contributed by atoms with van der Waals surface area (Å²) in [5.74, 6) is 1.30. The first-order valence-electron chi connectivity index (χ1n) is 8.20. The molecule has 0 radical (unpaired) electrons. The Morgan fingerprint density at radius 1 is 1.38 bits per heavy atom. The van der Waals surface area contributed by atoms with E-state index in [4.69, 9.17) is 4.52 Å². The summed E-state index contributed by atoms with van der Waals surface area (Å²) in [5, 5.41) is 9.64. The average Bonchev–Trinajstić information content (AvgIpc) is 3.01. The minimum absolute atomic E-state index is 0.201. The van der Waals surface area contributed by atoms with Gasteiger partial charge < -0.3 is 15.2 Å². The van der Waals surface area contributed by atoms with Gasteiger partial charge in [0.1, 0.15) is 11.5 Å². The van der Waals surface area contributed by atoms with Crippen LogP contribution in [-0.2, 0) is 0 Å². The second-order valence-corrected chi connectivity index (χ2v) is 5.83. The molecule has 126 valence electrons. The SMILES string of the molecule is Cc1cc(Nc2nccc(C(=O)NCCC3=CCCCC3)n2)no1. The molecule has 1 aliphatic carbocycles. The van der Waals surface area contributed by atoms with Gasteiger partial charge in [-0.15, -0.1) is 0 Å². The maximum Gasteiger partial charge on any atom is 0.270 e. The Kier molecular flexibility index (Phi) is 5.20. The zero-order valence-electron chi connectivity index (χ0n) is 13.7. The lowest BCUT2D eigenvalue weighted by Crippen LogP contribution is -2.26. The molecule has 0 saturated heterocycles. The number of hydrogen-bond donors (Lipinski definition) is 2. The van der Waals surface area contributed by atoms with Crippen LogP contribution in [-0.4, -0.2) is 27.6 Å². The number of allylic oxidation sites excluding steroid dienone is 1. The van der Waals surface area contributed by atoms with Gasteiger partial charge in [-0.1, -0.05) is 16.8 Å². The predicted molar refractivity (Wildman–Crippen MR) is 90.1 cm³/mol. The molecule has 0 saturated carbocycles. The van der Waals surface area contributed by atoms with Gasteiger partial charge in [-0.05, 0) is 45.1 Å². The van der Waals surface area contributed by atoms with Crippen molar-refractivity contribution in [3.63, 3.8) is 0 Å². The number of carbonyl (C=O) groups excluding carboxylic acids is 1. The Hall–Kier alpha value is -2.70. The molecular weight excluding hydrogens is 306 g/mol. The number of carbonyl (C=O) groups is 1. The summed E-state index contributed by atoms with van der Waals surface area (Å²) in [6.45, 7) is 2.42. The van der Waals surface area contributed by atoms with Gasteiger partial charge in [0.2, 0.25) is 5.95 Å². The van der Waals surface area contributed by atoms with Gasteiger partial charge in [-0.3, -0.25) is 4.79 Å². The molecule has 2 heterocycles. The lowest BCUT2D eigenvalue weighted by Gasteiger charge is -2.12. The van der Waals surface area contributed by atoms with Crippen molar-refractivity contribution in [2.75, 3.05) is 11.9 Å². The molecule has 7 heteroatoms. The van der Waals surface area contributed by atoms with E-state index in [0.717, 1.165) is 19.3 Å². The summed E-state index contributed by atoms with van der Waals surface area (Å²) in [5.41, 5.74) is 1.76. The van der Waals surface area contributed by atoms with Crippen molar-refractivity contribution >= 4 is 17.7 Å². The molecule has 2 aromatic heterocycles. The summed E-state index contributed by atoms with van der Waals surface area (Å²) >= 11 is 0. The van der Waals surface area contributed by atoms with E-state index in [1.54, 1.807) is 25.3 Å². The summed E-state index contributed by atoms with van der Waals surface area (Å²) in [6, 6.07) is 3.32. The topological polar surface area (TPSA) is 92.9 Å². The van der Waals surface area contributed by atoms with Crippen molar-refractivity contribution in [2.45, 2.75) is 39.0 Å². The Balaban J connectivity index is 1.54. The van der Waals surface area contributed by atoms with Gasteiger partial charge in [0.25, 0.3) is 5.91 Å². The molecule has 1 amide bonds. The van der Waals surface area contributed by atoms with Crippen molar-refractivity contribution in [1.82, 2.24) is 20.4 Å². The minimum atomic E-state index is -0.201. The standard InChI is InChI=1S/C17H21N5O2/c1-12-11-15(22-24-12)21-17-19-10-8-14(20-17)16(23)18-9-7-13-5-3-2-4-6-13/h5,8,10-11H,2-4,6-7,9H2,1H3,(H,18,23)(H,19,20,21,22). The fourth-order valence-corrected chi connectivity index (χ4v) is 2.64. The molecule has 0 spiro atoms. The number of aromatic nitrogens is 3. The van der Waals surface area contributed by atoms with E-state index >= 15 is 0 Å². The number of rotatable bonds is 6. The highest BCUT2D eigenvalue weighted by atomic mass is 16.5. The van der Waals surface area contributed by atoms with Gasteiger partial charge in [0.05, 0.1) is 0 Å². The van der Waals surface area contributed by atoms with Crippen LogP contribution in [0.2, 0.25) is 0 Å². The number of anilines is 2. The highest BCUT2D eigenvalue weighted by Crippen LogP contribution is 2.19. The van der Waals surface area contributed by atoms with Crippen molar-refractivity contribution in [3.8, 4) is 0 Å². The molecule has 0 fully saturated rings. The van der Waals surface area contributed by atoms with Crippen molar-refractivity contribution in [1.29, 1.82) is 0 Å². The Bertz CT molecular complexity index is 738. The third-order valence-corrected chi connectivity index (χ3v) is 3.87. The first kappa shape index (κ1) is 16.2. The van der Waals surface area contributed by atoms with E-state index in [-0.39, 0.29) is 5.91 Å². The molecule has 0 bridgehead atoms. The fraction of sp³-hybridized carbons (Fsp3) is 0.412. The molecule has 0 aliphatic heterocycles. The number of hydrogen-bond acceptors (Lipinski definition) is 6. The van der Waals surface area contributed by atoms with Crippen LogP contribution in [0.15, 0.2) is 34.5 Å². The van der Waals surface area contributed by atoms with E-state index in [0.29, 0.717) is 29.8 Å². The van der Waals surface area contributed by atoms with Gasteiger partial charge in [-0.25, -0.2) is 9.97 Å². The number of aryl methyl sites for hydroxylation is 1. The van der Waals surface area contributed by atoms with Gasteiger partial charge in [0, 0.05) is 18.8 Å². The number of nitrogens with zero attached hydrogens (tertiary/aromatic N) is 3. The molecule has 24 heavy (non-hydrogen) atoms. The maximum atomic E-state index is 12.2. The van der Waals surface area contributed by atoms with Crippen LogP contribution in [0.4, 0.5) is 11.8 Å². The van der Waals surface area contributed by atoms with Gasteiger partial charge >= 0.3 is 0 Å². The van der Waals surface area contributed by atoms with E-state index in [1.807, 2.05) is 0 Å². The zero-order valence-corrected chi connectivity index (χ0v) is 13.7. The van der Waals surface area contributed by atoms with E-state index in [9.17, 15) is 4.79 Å². The van der Waals surface area contributed by atoms with Crippen LogP contribution < -0.4 is 10.6 Å². The highest BCUT2D eigenvalue weighted by molar-refractivity contribution is 5.92. The van der Waals surface area contributed by atoms with Crippen LogP contribution in [0.1, 0.15) is 48.4 Å². The summed E-state index contributed by atoms with van der Waals surface area (Å²) < 4.78 is 4.97. The minimum Gasteiger partial charge on any atom is -0.360 e. The number of amides is 1. The van der Waals surface area contributed by atoms with E-state index < -0.39 is 0 Å². The third kappa shape index (κ3) is 4.41.